The van der Waals surface area contributed by atoms with Gasteiger partial charge in [0, 0.05) is 17.7 Å². The van der Waals surface area contributed by atoms with E-state index in [0.717, 1.165) is 6.07 Å². The summed E-state index contributed by atoms with van der Waals surface area (Å²) in [4.78, 5) is 45.3. The van der Waals surface area contributed by atoms with Crippen molar-refractivity contribution in [3.05, 3.63) is 69.8 Å². The number of nitro benzene ring substituents is 1. The second-order valence-corrected chi connectivity index (χ2v) is 5.34. The van der Waals surface area contributed by atoms with Crippen molar-refractivity contribution >= 4 is 23.5 Å². The summed E-state index contributed by atoms with van der Waals surface area (Å²) in [5.41, 5.74) is 4.40. The van der Waals surface area contributed by atoms with Crippen molar-refractivity contribution < 1.29 is 28.8 Å². The van der Waals surface area contributed by atoms with Gasteiger partial charge < -0.3 is 9.47 Å². The Morgan fingerprint density at radius 2 is 1.75 bits per heavy atom. The number of rotatable bonds is 7. The number of nitro groups is 1. The van der Waals surface area contributed by atoms with Crippen LogP contribution in [0.2, 0.25) is 0 Å². The van der Waals surface area contributed by atoms with Gasteiger partial charge in [-0.3, -0.25) is 30.6 Å². The van der Waals surface area contributed by atoms with Gasteiger partial charge in [-0.1, -0.05) is 6.07 Å². The lowest BCUT2D eigenvalue weighted by molar-refractivity contribution is -0.384. The molecule has 0 bridgehead atoms. The van der Waals surface area contributed by atoms with Crippen LogP contribution in [0, 0.1) is 10.1 Å². The third-order valence-electron chi connectivity index (χ3n) is 3.37. The Kier molecular flexibility index (Phi) is 7.03. The third kappa shape index (κ3) is 5.80. The van der Waals surface area contributed by atoms with Crippen molar-refractivity contribution in [2.24, 2.45) is 0 Å². The van der Waals surface area contributed by atoms with Crippen LogP contribution in [0.3, 0.4) is 0 Å². The van der Waals surface area contributed by atoms with E-state index in [1.54, 1.807) is 6.92 Å². The molecule has 0 fully saturated rings. The summed E-state index contributed by atoms with van der Waals surface area (Å²) in [6.45, 7) is 1.57. The summed E-state index contributed by atoms with van der Waals surface area (Å²) in [5.74, 6) is -1.48. The molecule has 28 heavy (non-hydrogen) atoms. The van der Waals surface area contributed by atoms with Gasteiger partial charge in [0.2, 0.25) is 0 Å². The van der Waals surface area contributed by atoms with E-state index < -0.39 is 29.3 Å². The molecular weight excluding hydrogens is 370 g/mol. The highest BCUT2D eigenvalue weighted by Crippen LogP contribution is 2.13. The summed E-state index contributed by atoms with van der Waals surface area (Å²) in [7, 11) is 0. The Labute approximate surface area is 159 Å². The normalized spacial score (nSPS) is 9.89. The zero-order valence-electron chi connectivity index (χ0n) is 14.8. The largest absolute Gasteiger partial charge is 0.484 e. The number of benzene rings is 2. The second-order valence-electron chi connectivity index (χ2n) is 5.34. The zero-order valence-corrected chi connectivity index (χ0v) is 14.8. The van der Waals surface area contributed by atoms with Crippen LogP contribution in [0.5, 0.6) is 5.75 Å². The Balaban J connectivity index is 1.81. The van der Waals surface area contributed by atoms with Crippen LogP contribution in [0.25, 0.3) is 0 Å². The maximum Gasteiger partial charge on any atom is 0.338 e. The van der Waals surface area contributed by atoms with Crippen molar-refractivity contribution in [1.82, 2.24) is 10.9 Å². The van der Waals surface area contributed by atoms with Gasteiger partial charge in [0.15, 0.2) is 6.61 Å². The molecule has 146 valence electrons. The summed E-state index contributed by atoms with van der Waals surface area (Å²) in [6, 6.07) is 11.1. The lowest BCUT2D eigenvalue weighted by Crippen LogP contribution is -2.43. The number of ether oxygens (including phenoxy) is 2. The number of nitrogens with zero attached hydrogens (tertiary/aromatic N) is 1. The Morgan fingerprint density at radius 3 is 2.39 bits per heavy atom. The van der Waals surface area contributed by atoms with Crippen LogP contribution in [-0.4, -0.2) is 35.9 Å². The predicted octanol–water partition coefficient (Wildman–Crippen LogP) is 1.61. The first-order valence-corrected chi connectivity index (χ1v) is 8.14. The molecule has 2 amide bonds. The van der Waals surface area contributed by atoms with Gasteiger partial charge in [0.05, 0.1) is 17.1 Å². The maximum absolute atomic E-state index is 11.9. The van der Waals surface area contributed by atoms with Crippen LogP contribution in [0.15, 0.2) is 48.5 Å². The third-order valence-corrected chi connectivity index (χ3v) is 3.37. The fourth-order valence-electron chi connectivity index (χ4n) is 2.05. The van der Waals surface area contributed by atoms with Gasteiger partial charge in [-0.05, 0) is 37.3 Å². The highest BCUT2D eigenvalue weighted by Gasteiger charge is 2.12. The van der Waals surface area contributed by atoms with Crippen LogP contribution >= 0.6 is 0 Å². The molecule has 0 aromatic heterocycles. The molecule has 2 rings (SSSR count). The quantitative estimate of drug-likeness (QED) is 0.418. The molecule has 0 heterocycles. The van der Waals surface area contributed by atoms with E-state index in [1.165, 1.54) is 42.5 Å². The van der Waals surface area contributed by atoms with Gasteiger partial charge in [-0.2, -0.15) is 0 Å². The minimum absolute atomic E-state index is 0.0185. The van der Waals surface area contributed by atoms with Crippen molar-refractivity contribution in [2.75, 3.05) is 13.2 Å². The molecule has 0 aliphatic heterocycles. The first kappa shape index (κ1) is 20.4. The van der Waals surface area contributed by atoms with Crippen molar-refractivity contribution in [3.8, 4) is 5.75 Å². The molecule has 10 heteroatoms. The van der Waals surface area contributed by atoms with Crippen molar-refractivity contribution in [2.45, 2.75) is 6.92 Å². The van der Waals surface area contributed by atoms with E-state index in [9.17, 15) is 24.5 Å². The number of esters is 1. The van der Waals surface area contributed by atoms with E-state index in [-0.39, 0.29) is 17.9 Å². The smallest absolute Gasteiger partial charge is 0.338 e. The minimum atomic E-state index is -0.712. The molecule has 0 spiro atoms. The SMILES string of the molecule is CCOC(=O)c1ccc(OCC(=O)NNC(=O)c2cccc([N+](=O)[O-])c2)cc1. The Hall–Kier alpha value is -3.95. The average Bonchev–Trinajstić information content (AvgIpc) is 2.71. The molecule has 2 aromatic carbocycles. The molecular formula is C18H17N3O7. The maximum atomic E-state index is 11.9. The second kappa shape index (κ2) is 9.67. The van der Waals surface area contributed by atoms with Crippen molar-refractivity contribution in [3.63, 3.8) is 0 Å². The lowest BCUT2D eigenvalue weighted by Gasteiger charge is -2.09. The molecule has 0 atom stereocenters. The number of hydrogen-bond acceptors (Lipinski definition) is 7. The summed E-state index contributed by atoms with van der Waals surface area (Å²) in [6.07, 6.45) is 0. The predicted molar refractivity (Wildman–Crippen MR) is 96.6 cm³/mol. The van der Waals surface area contributed by atoms with E-state index in [4.69, 9.17) is 9.47 Å². The summed E-state index contributed by atoms with van der Waals surface area (Å²) < 4.78 is 10.1. The van der Waals surface area contributed by atoms with Gasteiger partial charge in [0.1, 0.15) is 5.75 Å². The number of carbonyl (C=O) groups excluding carboxylic acids is 3. The van der Waals surface area contributed by atoms with E-state index in [0.29, 0.717) is 11.3 Å². The highest BCUT2D eigenvalue weighted by molar-refractivity contribution is 5.96. The van der Waals surface area contributed by atoms with E-state index in [2.05, 4.69) is 10.9 Å². The number of amides is 2. The van der Waals surface area contributed by atoms with Crippen LogP contribution in [-0.2, 0) is 9.53 Å². The molecule has 0 aliphatic carbocycles. The first-order valence-electron chi connectivity index (χ1n) is 8.14. The molecule has 0 radical (unpaired) electrons. The van der Waals surface area contributed by atoms with Crippen LogP contribution in [0.1, 0.15) is 27.6 Å². The highest BCUT2D eigenvalue weighted by atomic mass is 16.6. The summed E-state index contributed by atoms with van der Waals surface area (Å²) in [5, 5.41) is 10.7. The monoisotopic (exact) mass is 387 g/mol. The molecule has 0 unspecified atom stereocenters. The van der Waals surface area contributed by atoms with Crippen LogP contribution < -0.4 is 15.6 Å². The Bertz CT molecular complexity index is 881. The fraction of sp³-hybridized carbons (Fsp3) is 0.167. The summed E-state index contributed by atoms with van der Waals surface area (Å²) >= 11 is 0. The van der Waals surface area contributed by atoms with Gasteiger partial charge >= 0.3 is 5.97 Å². The molecule has 2 N–H and O–H groups in total. The molecule has 0 aliphatic rings. The zero-order chi connectivity index (χ0) is 20.5. The number of non-ortho nitro benzene ring substituents is 1. The minimum Gasteiger partial charge on any atom is -0.484 e. The Morgan fingerprint density at radius 1 is 1.04 bits per heavy atom. The van der Waals surface area contributed by atoms with Crippen molar-refractivity contribution in [1.29, 1.82) is 0 Å². The average molecular weight is 387 g/mol. The number of nitrogens with one attached hydrogen (secondary N) is 2. The number of hydrogen-bond donors (Lipinski definition) is 2. The molecule has 0 saturated heterocycles. The van der Waals surface area contributed by atoms with Crippen LogP contribution in [0.4, 0.5) is 5.69 Å². The molecule has 10 nitrogen and oxygen atoms in total. The number of hydrazine groups is 1. The van der Waals surface area contributed by atoms with Gasteiger partial charge in [-0.15, -0.1) is 0 Å². The standard InChI is InChI=1S/C18H17N3O7/c1-2-27-18(24)12-6-8-15(9-7-12)28-11-16(22)19-20-17(23)13-4-3-5-14(10-13)21(25)26/h3-10H,2,11H2,1H3,(H,19,22)(H,20,23). The molecule has 0 saturated carbocycles. The van der Waals surface area contributed by atoms with E-state index in [1.807, 2.05) is 0 Å². The van der Waals surface area contributed by atoms with Gasteiger partial charge in [-0.25, -0.2) is 4.79 Å². The van der Waals surface area contributed by atoms with Gasteiger partial charge in [0.25, 0.3) is 17.5 Å². The number of carbonyl (C=O) groups is 3. The topological polar surface area (TPSA) is 137 Å². The molecule has 2 aromatic rings. The lowest BCUT2D eigenvalue weighted by atomic mass is 10.2. The first-order chi connectivity index (χ1) is 13.4. The van der Waals surface area contributed by atoms with E-state index >= 15 is 0 Å². The fourth-order valence-corrected chi connectivity index (χ4v) is 2.05.